The van der Waals surface area contributed by atoms with Gasteiger partial charge in [-0.1, -0.05) is 53.2 Å². The van der Waals surface area contributed by atoms with Gasteiger partial charge in [0.1, 0.15) is 0 Å². The molecule has 0 amide bonds. The highest BCUT2D eigenvalue weighted by molar-refractivity contribution is 6.74. The third-order valence-electron chi connectivity index (χ3n) is 8.22. The van der Waals surface area contributed by atoms with Crippen LogP contribution in [0.1, 0.15) is 86.5 Å². The predicted molar refractivity (Wildman–Crippen MR) is 123 cm³/mol. The normalized spacial score (nSPS) is 31.0. The maximum Gasteiger partial charge on any atom is 0.192 e. The molecule has 0 aliphatic heterocycles. The van der Waals surface area contributed by atoms with Crippen LogP contribution in [0.25, 0.3) is 0 Å². The van der Waals surface area contributed by atoms with Crippen molar-refractivity contribution in [3.8, 4) is 0 Å². The van der Waals surface area contributed by atoms with Gasteiger partial charge in [-0.2, -0.15) is 0 Å². The van der Waals surface area contributed by atoms with Crippen LogP contribution in [0.3, 0.4) is 0 Å². The van der Waals surface area contributed by atoms with Crippen molar-refractivity contribution >= 4 is 14.1 Å². The first-order valence-electron chi connectivity index (χ1n) is 11.3. The van der Waals surface area contributed by atoms with E-state index in [2.05, 4.69) is 61.2 Å². The molecule has 0 bridgehead atoms. The molecule has 0 aromatic carbocycles. The Morgan fingerprint density at radius 3 is 2.46 bits per heavy atom. The molecule has 0 N–H and O–H groups in total. The number of rotatable bonds is 6. The SMILES string of the molecule is C=CCCCC1=CC(=O)[C@@]2(C)CC[C@H](O[Si](C)(C)C(C)(C)C)C(C)(C)C2CC1. The van der Waals surface area contributed by atoms with Crippen LogP contribution in [0, 0.1) is 16.7 Å². The minimum Gasteiger partial charge on any atom is -0.413 e. The summed E-state index contributed by atoms with van der Waals surface area (Å²) in [5.74, 6) is 0.742. The van der Waals surface area contributed by atoms with Crippen molar-refractivity contribution in [2.75, 3.05) is 0 Å². The van der Waals surface area contributed by atoms with Crippen molar-refractivity contribution in [3.63, 3.8) is 0 Å². The van der Waals surface area contributed by atoms with Crippen LogP contribution in [0.2, 0.25) is 18.1 Å². The molecular formula is C25H44O2Si. The van der Waals surface area contributed by atoms with Crippen molar-refractivity contribution in [1.82, 2.24) is 0 Å². The number of hydrogen-bond donors (Lipinski definition) is 0. The number of ketones is 1. The van der Waals surface area contributed by atoms with Gasteiger partial charge in [-0.25, -0.2) is 0 Å². The van der Waals surface area contributed by atoms with Crippen LogP contribution in [-0.4, -0.2) is 20.2 Å². The number of allylic oxidation sites excluding steroid dienone is 3. The summed E-state index contributed by atoms with van der Waals surface area (Å²) in [7, 11) is -1.83. The summed E-state index contributed by atoms with van der Waals surface area (Å²) in [4.78, 5) is 13.3. The Balaban J connectivity index is 2.24. The molecule has 3 atom stereocenters. The van der Waals surface area contributed by atoms with Gasteiger partial charge in [-0.3, -0.25) is 4.79 Å². The van der Waals surface area contributed by atoms with Gasteiger partial charge in [0.15, 0.2) is 14.1 Å². The Kier molecular flexibility index (Phi) is 6.93. The largest absolute Gasteiger partial charge is 0.413 e. The first kappa shape index (κ1) is 23.6. The standard InChI is InChI=1S/C25H44O2Si/c1-10-11-12-13-19-14-15-20-24(5,6)22(27-28(8,9)23(2,3)4)16-17-25(20,7)21(26)18-19/h10,18,20,22H,1,11-17H2,2-9H3/t20?,22-,25-/m0/s1. The predicted octanol–water partition coefficient (Wildman–Crippen LogP) is 7.46. The van der Waals surface area contributed by atoms with E-state index in [1.54, 1.807) is 0 Å². The summed E-state index contributed by atoms with van der Waals surface area (Å²) in [5.41, 5.74) is 1.12. The van der Waals surface area contributed by atoms with Gasteiger partial charge in [0, 0.05) is 5.41 Å². The van der Waals surface area contributed by atoms with Crippen LogP contribution < -0.4 is 0 Å². The fourth-order valence-electron chi connectivity index (χ4n) is 5.17. The van der Waals surface area contributed by atoms with Gasteiger partial charge in [-0.05, 0) is 80.5 Å². The monoisotopic (exact) mass is 404 g/mol. The van der Waals surface area contributed by atoms with E-state index >= 15 is 0 Å². The van der Waals surface area contributed by atoms with Gasteiger partial charge in [0.25, 0.3) is 0 Å². The highest BCUT2D eigenvalue weighted by Gasteiger charge is 2.56. The van der Waals surface area contributed by atoms with Crippen molar-refractivity contribution in [2.45, 2.75) is 111 Å². The highest BCUT2D eigenvalue weighted by atomic mass is 28.4. The van der Waals surface area contributed by atoms with Crippen LogP contribution in [0.15, 0.2) is 24.3 Å². The molecular weight excluding hydrogens is 360 g/mol. The van der Waals surface area contributed by atoms with E-state index in [0.717, 1.165) is 44.9 Å². The van der Waals surface area contributed by atoms with Crippen LogP contribution in [0.5, 0.6) is 0 Å². The summed E-state index contributed by atoms with van der Waals surface area (Å²) in [5, 5.41) is 0.211. The number of carbonyl (C=O) groups excluding carboxylic acids is 1. The van der Waals surface area contributed by atoms with E-state index < -0.39 is 8.32 Å². The number of hydrogen-bond acceptors (Lipinski definition) is 2. The van der Waals surface area contributed by atoms with E-state index in [1.807, 2.05) is 12.2 Å². The zero-order chi connectivity index (χ0) is 21.4. The molecule has 0 aromatic rings. The summed E-state index contributed by atoms with van der Waals surface area (Å²) in [6, 6.07) is 0. The first-order valence-corrected chi connectivity index (χ1v) is 14.2. The molecule has 0 saturated heterocycles. The smallest absolute Gasteiger partial charge is 0.192 e. The van der Waals surface area contributed by atoms with E-state index in [4.69, 9.17) is 4.43 Å². The van der Waals surface area contributed by atoms with Gasteiger partial charge in [-0.15, -0.1) is 6.58 Å². The topological polar surface area (TPSA) is 26.3 Å². The third kappa shape index (κ3) is 4.56. The molecule has 1 saturated carbocycles. The van der Waals surface area contributed by atoms with Crippen molar-refractivity contribution in [3.05, 3.63) is 24.3 Å². The molecule has 160 valence electrons. The molecule has 0 radical (unpaired) electrons. The van der Waals surface area contributed by atoms with Gasteiger partial charge >= 0.3 is 0 Å². The zero-order valence-electron chi connectivity index (χ0n) is 19.8. The van der Waals surface area contributed by atoms with Crippen LogP contribution >= 0.6 is 0 Å². The number of unbranched alkanes of at least 4 members (excludes halogenated alkanes) is 1. The van der Waals surface area contributed by atoms with E-state index in [0.29, 0.717) is 11.7 Å². The Hall–Kier alpha value is -0.673. The molecule has 1 unspecified atom stereocenters. The lowest BCUT2D eigenvalue weighted by atomic mass is 9.53. The maximum absolute atomic E-state index is 13.3. The molecule has 0 spiro atoms. The molecule has 0 heterocycles. The van der Waals surface area contributed by atoms with Gasteiger partial charge in [0.05, 0.1) is 6.10 Å². The van der Waals surface area contributed by atoms with Crippen molar-refractivity contribution in [1.29, 1.82) is 0 Å². The molecule has 1 fully saturated rings. The number of fused-ring (bicyclic) bond motifs is 1. The van der Waals surface area contributed by atoms with E-state index in [9.17, 15) is 4.79 Å². The van der Waals surface area contributed by atoms with Crippen molar-refractivity contribution in [2.24, 2.45) is 16.7 Å². The highest BCUT2D eigenvalue weighted by Crippen LogP contribution is 2.57. The van der Waals surface area contributed by atoms with Gasteiger partial charge < -0.3 is 4.43 Å². The molecule has 2 nitrogen and oxygen atoms in total. The zero-order valence-corrected chi connectivity index (χ0v) is 20.8. The first-order chi connectivity index (χ1) is 12.8. The van der Waals surface area contributed by atoms with Crippen LogP contribution in [-0.2, 0) is 9.22 Å². The van der Waals surface area contributed by atoms with E-state index in [1.165, 1.54) is 5.57 Å². The summed E-state index contributed by atoms with van der Waals surface area (Å²) in [6.07, 6.45) is 11.5. The summed E-state index contributed by atoms with van der Waals surface area (Å²) in [6.45, 7) is 22.4. The lowest BCUT2D eigenvalue weighted by molar-refractivity contribution is -0.141. The second-order valence-electron chi connectivity index (χ2n) is 11.6. The molecule has 28 heavy (non-hydrogen) atoms. The summed E-state index contributed by atoms with van der Waals surface area (Å²) < 4.78 is 6.93. The lowest BCUT2D eigenvalue weighted by Gasteiger charge is -2.55. The Morgan fingerprint density at radius 1 is 1.25 bits per heavy atom. The molecule has 2 aliphatic rings. The molecule has 3 heteroatoms. The van der Waals surface area contributed by atoms with E-state index in [-0.39, 0.29) is 22.0 Å². The fourth-order valence-corrected chi connectivity index (χ4v) is 6.66. The Labute approximate surface area is 175 Å². The minimum absolute atomic E-state index is 0.0165. The second kappa shape index (κ2) is 8.22. The Morgan fingerprint density at radius 2 is 1.89 bits per heavy atom. The van der Waals surface area contributed by atoms with Gasteiger partial charge in [0.2, 0.25) is 0 Å². The third-order valence-corrected chi connectivity index (χ3v) is 12.7. The average molecular weight is 405 g/mol. The quantitative estimate of drug-likeness (QED) is 0.261. The molecule has 0 aromatic heterocycles. The maximum atomic E-state index is 13.3. The number of carbonyl (C=O) groups is 1. The Bertz CT molecular complexity index is 623. The molecule has 2 rings (SSSR count). The second-order valence-corrected chi connectivity index (χ2v) is 16.3. The van der Waals surface area contributed by atoms with Crippen molar-refractivity contribution < 1.29 is 9.22 Å². The minimum atomic E-state index is -1.83. The summed E-state index contributed by atoms with van der Waals surface area (Å²) >= 11 is 0. The molecule has 2 aliphatic carbocycles. The van der Waals surface area contributed by atoms with Crippen LogP contribution in [0.4, 0.5) is 0 Å². The fraction of sp³-hybridized carbons (Fsp3) is 0.800. The lowest BCUT2D eigenvalue weighted by Crippen LogP contribution is -2.56. The average Bonchev–Trinajstić information content (AvgIpc) is 2.68.